The molecule has 0 saturated heterocycles. The molecular formula is C34H37NO4. The SMILES string of the molecule is COc1ccccc1CN(CC(c1ccccc1)c1ccccc1)C[C@@H](C)COc1cccc(CC(=O)O)c1. The summed E-state index contributed by atoms with van der Waals surface area (Å²) in [4.78, 5) is 13.6. The quantitative estimate of drug-likeness (QED) is 0.200. The van der Waals surface area contributed by atoms with Crippen molar-refractivity contribution in [1.29, 1.82) is 0 Å². The lowest BCUT2D eigenvalue weighted by Crippen LogP contribution is -2.34. The maximum Gasteiger partial charge on any atom is 0.307 e. The van der Waals surface area contributed by atoms with Gasteiger partial charge in [0.25, 0.3) is 0 Å². The fraction of sp³-hybridized carbons (Fsp3) is 0.265. The van der Waals surface area contributed by atoms with Crippen LogP contribution < -0.4 is 9.47 Å². The Labute approximate surface area is 231 Å². The molecule has 0 aromatic heterocycles. The summed E-state index contributed by atoms with van der Waals surface area (Å²) in [5.41, 5.74) is 4.45. The number of hydrogen-bond acceptors (Lipinski definition) is 4. The van der Waals surface area contributed by atoms with Gasteiger partial charge in [0.1, 0.15) is 11.5 Å². The highest BCUT2D eigenvalue weighted by molar-refractivity contribution is 5.70. The van der Waals surface area contributed by atoms with E-state index in [0.29, 0.717) is 12.4 Å². The highest BCUT2D eigenvalue weighted by Crippen LogP contribution is 2.28. The number of ether oxygens (including phenoxy) is 2. The molecule has 4 aromatic rings. The minimum absolute atomic E-state index is 0.0141. The second-order valence-corrected chi connectivity index (χ2v) is 10.0. The van der Waals surface area contributed by atoms with Crippen LogP contribution in [0.3, 0.4) is 0 Å². The molecule has 0 unspecified atom stereocenters. The van der Waals surface area contributed by atoms with Crippen molar-refractivity contribution in [3.63, 3.8) is 0 Å². The van der Waals surface area contributed by atoms with Crippen molar-refractivity contribution < 1.29 is 19.4 Å². The van der Waals surface area contributed by atoms with Gasteiger partial charge in [-0.3, -0.25) is 9.69 Å². The molecule has 4 rings (SSSR count). The van der Waals surface area contributed by atoms with E-state index in [-0.39, 0.29) is 18.3 Å². The van der Waals surface area contributed by atoms with E-state index in [1.807, 2.05) is 36.4 Å². The smallest absolute Gasteiger partial charge is 0.307 e. The Morgan fingerprint density at radius 2 is 1.46 bits per heavy atom. The molecule has 0 fully saturated rings. The first-order valence-corrected chi connectivity index (χ1v) is 13.4. The lowest BCUT2D eigenvalue weighted by atomic mass is 9.90. The van der Waals surface area contributed by atoms with Crippen molar-refractivity contribution >= 4 is 5.97 Å². The molecule has 5 heteroatoms. The Bertz CT molecular complexity index is 1270. The van der Waals surface area contributed by atoms with Crippen molar-refractivity contribution in [3.8, 4) is 11.5 Å². The van der Waals surface area contributed by atoms with E-state index < -0.39 is 5.97 Å². The van der Waals surface area contributed by atoms with E-state index in [9.17, 15) is 4.79 Å². The molecule has 202 valence electrons. The monoisotopic (exact) mass is 523 g/mol. The molecular weight excluding hydrogens is 486 g/mol. The van der Waals surface area contributed by atoms with Crippen LogP contribution in [0.4, 0.5) is 0 Å². The zero-order chi connectivity index (χ0) is 27.5. The number of hydrogen-bond donors (Lipinski definition) is 1. The molecule has 5 nitrogen and oxygen atoms in total. The topological polar surface area (TPSA) is 59.0 Å². The van der Waals surface area contributed by atoms with Crippen LogP contribution in [0.2, 0.25) is 0 Å². The van der Waals surface area contributed by atoms with Crippen LogP contribution in [-0.4, -0.2) is 42.8 Å². The summed E-state index contributed by atoms with van der Waals surface area (Å²) in [6.45, 7) is 5.13. The van der Waals surface area contributed by atoms with E-state index in [1.54, 1.807) is 7.11 Å². The predicted molar refractivity (Wildman–Crippen MR) is 155 cm³/mol. The van der Waals surface area contributed by atoms with E-state index in [2.05, 4.69) is 84.6 Å². The zero-order valence-corrected chi connectivity index (χ0v) is 22.7. The van der Waals surface area contributed by atoms with Gasteiger partial charge in [0, 0.05) is 37.0 Å². The maximum absolute atomic E-state index is 11.1. The van der Waals surface area contributed by atoms with Crippen molar-refractivity contribution in [1.82, 2.24) is 4.90 Å². The molecule has 0 aliphatic heterocycles. The van der Waals surface area contributed by atoms with Gasteiger partial charge in [0.2, 0.25) is 0 Å². The number of carbonyl (C=O) groups is 1. The number of para-hydroxylation sites is 1. The van der Waals surface area contributed by atoms with Crippen molar-refractivity contribution in [2.45, 2.75) is 25.8 Å². The predicted octanol–water partition coefficient (Wildman–Crippen LogP) is 6.67. The Morgan fingerprint density at radius 3 is 2.10 bits per heavy atom. The molecule has 1 N–H and O–H groups in total. The first kappa shape index (κ1) is 27.9. The van der Waals surface area contributed by atoms with Gasteiger partial charge in [-0.05, 0) is 34.9 Å². The Morgan fingerprint density at radius 1 is 0.821 bits per heavy atom. The number of carboxylic acids is 1. The van der Waals surface area contributed by atoms with Gasteiger partial charge in [0.05, 0.1) is 20.1 Å². The number of rotatable bonds is 14. The van der Waals surface area contributed by atoms with Crippen LogP contribution in [0.1, 0.15) is 35.1 Å². The number of aliphatic carboxylic acids is 1. The highest BCUT2D eigenvalue weighted by atomic mass is 16.5. The van der Waals surface area contributed by atoms with Gasteiger partial charge in [0.15, 0.2) is 0 Å². The molecule has 0 aliphatic rings. The van der Waals surface area contributed by atoms with Crippen LogP contribution in [0.25, 0.3) is 0 Å². The summed E-state index contributed by atoms with van der Waals surface area (Å²) in [6, 6.07) is 36.9. The van der Waals surface area contributed by atoms with Gasteiger partial charge < -0.3 is 14.6 Å². The second-order valence-electron chi connectivity index (χ2n) is 10.0. The number of benzene rings is 4. The molecule has 39 heavy (non-hydrogen) atoms. The summed E-state index contributed by atoms with van der Waals surface area (Å²) in [5.74, 6) is 1.18. The van der Waals surface area contributed by atoms with Crippen LogP contribution >= 0.6 is 0 Å². The summed E-state index contributed by atoms with van der Waals surface area (Å²) >= 11 is 0. The third kappa shape index (κ3) is 8.45. The van der Waals surface area contributed by atoms with Gasteiger partial charge >= 0.3 is 5.97 Å². The Kier molecular flexibility index (Phi) is 10.1. The normalized spacial score (nSPS) is 11.9. The van der Waals surface area contributed by atoms with Gasteiger partial charge in [-0.2, -0.15) is 0 Å². The van der Waals surface area contributed by atoms with Crippen LogP contribution in [-0.2, 0) is 17.8 Å². The van der Waals surface area contributed by atoms with E-state index >= 15 is 0 Å². The Hall–Kier alpha value is -4.09. The maximum atomic E-state index is 11.1. The highest BCUT2D eigenvalue weighted by Gasteiger charge is 2.21. The fourth-order valence-corrected chi connectivity index (χ4v) is 4.96. The molecule has 0 spiro atoms. The van der Waals surface area contributed by atoms with E-state index in [4.69, 9.17) is 14.6 Å². The molecule has 0 radical (unpaired) electrons. The average Bonchev–Trinajstić information content (AvgIpc) is 2.96. The summed E-state index contributed by atoms with van der Waals surface area (Å²) < 4.78 is 11.8. The Balaban J connectivity index is 1.53. The van der Waals surface area contributed by atoms with E-state index in [1.165, 1.54) is 11.1 Å². The minimum Gasteiger partial charge on any atom is -0.496 e. The average molecular weight is 524 g/mol. The van der Waals surface area contributed by atoms with Crippen molar-refractivity contribution in [2.24, 2.45) is 5.92 Å². The van der Waals surface area contributed by atoms with E-state index in [0.717, 1.165) is 36.5 Å². The van der Waals surface area contributed by atoms with Gasteiger partial charge in [-0.1, -0.05) is 97.9 Å². The fourth-order valence-electron chi connectivity index (χ4n) is 4.96. The third-order valence-electron chi connectivity index (χ3n) is 6.79. The molecule has 0 aliphatic carbocycles. The molecule has 0 amide bonds. The molecule has 1 atom stereocenters. The number of nitrogens with zero attached hydrogens (tertiary/aromatic N) is 1. The third-order valence-corrected chi connectivity index (χ3v) is 6.79. The first-order valence-electron chi connectivity index (χ1n) is 13.4. The molecule has 0 saturated carbocycles. The molecule has 0 bridgehead atoms. The summed E-state index contributed by atoms with van der Waals surface area (Å²) in [6.07, 6.45) is -0.0141. The van der Waals surface area contributed by atoms with Crippen molar-refractivity contribution in [3.05, 3.63) is 131 Å². The van der Waals surface area contributed by atoms with Gasteiger partial charge in [-0.25, -0.2) is 0 Å². The zero-order valence-electron chi connectivity index (χ0n) is 22.7. The standard InChI is InChI=1S/C34H37NO4/c1-26(25-39-31-18-11-12-27(20-31)21-34(36)37)22-35(23-30-17-9-10-19-33(30)38-2)24-32(28-13-5-3-6-14-28)29-15-7-4-8-16-29/h3-20,26,32H,21-25H2,1-2H3,(H,36,37)/t26-/m1/s1. The van der Waals surface area contributed by atoms with Crippen LogP contribution in [0, 0.1) is 5.92 Å². The van der Waals surface area contributed by atoms with Crippen molar-refractivity contribution in [2.75, 3.05) is 26.8 Å². The summed E-state index contributed by atoms with van der Waals surface area (Å²) in [7, 11) is 1.72. The molecule has 4 aromatic carbocycles. The lowest BCUT2D eigenvalue weighted by molar-refractivity contribution is -0.136. The number of methoxy groups -OCH3 is 1. The number of carboxylic acid groups (broad SMARTS) is 1. The largest absolute Gasteiger partial charge is 0.496 e. The van der Waals surface area contributed by atoms with Crippen LogP contribution in [0.5, 0.6) is 11.5 Å². The minimum atomic E-state index is -0.848. The van der Waals surface area contributed by atoms with Gasteiger partial charge in [-0.15, -0.1) is 0 Å². The first-order chi connectivity index (χ1) is 19.0. The second kappa shape index (κ2) is 14.2. The summed E-state index contributed by atoms with van der Waals surface area (Å²) in [5, 5.41) is 9.11. The molecule has 0 heterocycles. The van der Waals surface area contributed by atoms with Crippen LogP contribution in [0.15, 0.2) is 109 Å². The lowest BCUT2D eigenvalue weighted by Gasteiger charge is -2.31.